The molecule has 22 heavy (non-hydrogen) atoms. The zero-order chi connectivity index (χ0) is 16.0. The molecule has 0 amide bonds. The summed E-state index contributed by atoms with van der Waals surface area (Å²) in [5.74, 6) is 0.577. The van der Waals surface area contributed by atoms with Crippen molar-refractivity contribution in [3.63, 3.8) is 0 Å². The SMILES string of the molecule is CCCCOCCCNC(=NC)NCCc1cccc(F)c1. The van der Waals surface area contributed by atoms with Crippen LogP contribution in [0.15, 0.2) is 29.3 Å². The molecule has 0 saturated heterocycles. The minimum Gasteiger partial charge on any atom is -0.381 e. The van der Waals surface area contributed by atoms with E-state index in [9.17, 15) is 4.39 Å². The van der Waals surface area contributed by atoms with Crippen LogP contribution in [-0.2, 0) is 11.2 Å². The van der Waals surface area contributed by atoms with Gasteiger partial charge in [0.1, 0.15) is 5.82 Å². The maximum Gasteiger partial charge on any atom is 0.190 e. The van der Waals surface area contributed by atoms with Gasteiger partial charge >= 0.3 is 0 Å². The smallest absolute Gasteiger partial charge is 0.190 e. The fraction of sp³-hybridized carbons (Fsp3) is 0.588. The van der Waals surface area contributed by atoms with Gasteiger partial charge in [-0.2, -0.15) is 0 Å². The maximum atomic E-state index is 13.1. The Labute approximate surface area is 133 Å². The summed E-state index contributed by atoms with van der Waals surface area (Å²) in [6.07, 6.45) is 4.00. The number of aliphatic imine (C=N–C) groups is 1. The summed E-state index contributed by atoms with van der Waals surface area (Å²) in [5.41, 5.74) is 0.979. The Kier molecular flexibility index (Phi) is 10.0. The molecule has 0 aliphatic heterocycles. The summed E-state index contributed by atoms with van der Waals surface area (Å²) < 4.78 is 18.6. The molecule has 0 saturated carbocycles. The largest absolute Gasteiger partial charge is 0.381 e. The number of guanidine groups is 1. The molecule has 0 spiro atoms. The van der Waals surface area contributed by atoms with Crippen LogP contribution in [-0.4, -0.2) is 39.3 Å². The number of hydrogen-bond acceptors (Lipinski definition) is 2. The third-order valence-corrected chi connectivity index (χ3v) is 3.22. The van der Waals surface area contributed by atoms with Crippen molar-refractivity contribution in [2.45, 2.75) is 32.6 Å². The first-order valence-corrected chi connectivity index (χ1v) is 8.03. The predicted molar refractivity (Wildman–Crippen MR) is 89.8 cm³/mol. The van der Waals surface area contributed by atoms with Gasteiger partial charge in [-0.1, -0.05) is 25.5 Å². The van der Waals surface area contributed by atoms with E-state index < -0.39 is 0 Å². The Morgan fingerprint density at radius 1 is 1.18 bits per heavy atom. The summed E-state index contributed by atoms with van der Waals surface area (Å²) in [6, 6.07) is 6.68. The van der Waals surface area contributed by atoms with Gasteiger partial charge < -0.3 is 15.4 Å². The van der Waals surface area contributed by atoms with Crippen LogP contribution in [0.5, 0.6) is 0 Å². The highest BCUT2D eigenvalue weighted by atomic mass is 19.1. The van der Waals surface area contributed by atoms with E-state index in [-0.39, 0.29) is 5.82 Å². The van der Waals surface area contributed by atoms with E-state index in [1.165, 1.54) is 12.5 Å². The number of halogens is 1. The fourth-order valence-corrected chi connectivity index (χ4v) is 1.97. The van der Waals surface area contributed by atoms with E-state index in [2.05, 4.69) is 22.5 Å². The molecule has 0 aromatic heterocycles. The highest BCUT2D eigenvalue weighted by Gasteiger charge is 1.99. The Hall–Kier alpha value is -1.62. The lowest BCUT2D eigenvalue weighted by Gasteiger charge is -2.12. The zero-order valence-electron chi connectivity index (χ0n) is 13.7. The van der Waals surface area contributed by atoms with Crippen molar-refractivity contribution in [1.82, 2.24) is 10.6 Å². The van der Waals surface area contributed by atoms with E-state index >= 15 is 0 Å². The first-order valence-electron chi connectivity index (χ1n) is 8.03. The molecule has 0 atom stereocenters. The summed E-state index contributed by atoms with van der Waals surface area (Å²) in [7, 11) is 1.75. The highest BCUT2D eigenvalue weighted by molar-refractivity contribution is 5.79. The Morgan fingerprint density at radius 2 is 1.95 bits per heavy atom. The van der Waals surface area contributed by atoms with Crippen molar-refractivity contribution in [3.8, 4) is 0 Å². The monoisotopic (exact) mass is 309 g/mol. The summed E-state index contributed by atoms with van der Waals surface area (Å²) >= 11 is 0. The van der Waals surface area contributed by atoms with E-state index in [1.54, 1.807) is 19.2 Å². The van der Waals surface area contributed by atoms with Crippen LogP contribution in [0.2, 0.25) is 0 Å². The van der Waals surface area contributed by atoms with E-state index in [4.69, 9.17) is 4.74 Å². The number of benzene rings is 1. The molecule has 0 radical (unpaired) electrons. The third-order valence-electron chi connectivity index (χ3n) is 3.22. The first kappa shape index (κ1) is 18.4. The first-order chi connectivity index (χ1) is 10.8. The van der Waals surface area contributed by atoms with Crippen LogP contribution in [0.4, 0.5) is 4.39 Å². The van der Waals surface area contributed by atoms with Crippen molar-refractivity contribution in [3.05, 3.63) is 35.6 Å². The van der Waals surface area contributed by atoms with Crippen molar-refractivity contribution in [2.75, 3.05) is 33.4 Å². The van der Waals surface area contributed by atoms with Crippen molar-refractivity contribution < 1.29 is 9.13 Å². The maximum absolute atomic E-state index is 13.1. The topological polar surface area (TPSA) is 45.6 Å². The van der Waals surface area contributed by atoms with Crippen LogP contribution >= 0.6 is 0 Å². The molecule has 0 unspecified atom stereocenters. The lowest BCUT2D eigenvalue weighted by atomic mass is 10.1. The van der Waals surface area contributed by atoms with E-state index in [0.29, 0.717) is 0 Å². The molecule has 4 nitrogen and oxygen atoms in total. The number of nitrogens with one attached hydrogen (secondary N) is 2. The number of rotatable bonds is 10. The quantitative estimate of drug-likeness (QED) is 0.397. The predicted octanol–water partition coefficient (Wildman–Crippen LogP) is 2.74. The normalized spacial score (nSPS) is 11.5. The van der Waals surface area contributed by atoms with Gasteiger partial charge in [0.2, 0.25) is 0 Å². The van der Waals surface area contributed by atoms with Crippen LogP contribution in [0, 0.1) is 5.82 Å². The Bertz CT molecular complexity index is 438. The number of hydrogen-bond donors (Lipinski definition) is 2. The standard InChI is InChI=1S/C17H28FN3O/c1-3-4-12-22-13-6-10-20-17(19-2)21-11-9-15-7-5-8-16(18)14-15/h5,7-8,14H,3-4,6,9-13H2,1-2H3,(H2,19,20,21). The van der Waals surface area contributed by atoms with Gasteiger partial charge in [-0.05, 0) is 37.0 Å². The van der Waals surface area contributed by atoms with Gasteiger partial charge in [0.15, 0.2) is 5.96 Å². The van der Waals surface area contributed by atoms with Crippen LogP contribution in [0.1, 0.15) is 31.7 Å². The molecule has 0 heterocycles. The number of unbranched alkanes of at least 4 members (excludes halogenated alkanes) is 1. The van der Waals surface area contributed by atoms with Crippen molar-refractivity contribution >= 4 is 5.96 Å². The molecule has 5 heteroatoms. The van der Waals surface area contributed by atoms with E-state index in [1.807, 2.05) is 6.07 Å². The molecule has 2 N–H and O–H groups in total. The van der Waals surface area contributed by atoms with Crippen LogP contribution in [0.3, 0.4) is 0 Å². The van der Waals surface area contributed by atoms with Gasteiger partial charge in [-0.25, -0.2) is 4.39 Å². The van der Waals surface area contributed by atoms with Gasteiger partial charge in [0.25, 0.3) is 0 Å². The molecule has 124 valence electrons. The molecule has 0 bridgehead atoms. The molecule has 1 aromatic rings. The summed E-state index contributed by atoms with van der Waals surface area (Å²) in [4.78, 5) is 4.16. The average Bonchev–Trinajstić information content (AvgIpc) is 2.52. The van der Waals surface area contributed by atoms with Crippen LogP contribution in [0.25, 0.3) is 0 Å². The van der Waals surface area contributed by atoms with Gasteiger partial charge in [-0.15, -0.1) is 0 Å². The van der Waals surface area contributed by atoms with Gasteiger partial charge in [-0.3, -0.25) is 4.99 Å². The molecule has 0 aliphatic carbocycles. The Balaban J connectivity index is 2.10. The summed E-state index contributed by atoms with van der Waals surface area (Å²) in [5, 5.41) is 6.47. The highest BCUT2D eigenvalue weighted by Crippen LogP contribution is 2.03. The van der Waals surface area contributed by atoms with Crippen LogP contribution < -0.4 is 10.6 Å². The van der Waals surface area contributed by atoms with E-state index in [0.717, 1.165) is 57.1 Å². The number of nitrogens with zero attached hydrogens (tertiary/aromatic N) is 1. The van der Waals surface area contributed by atoms with Gasteiger partial charge in [0, 0.05) is 33.4 Å². The fourth-order valence-electron chi connectivity index (χ4n) is 1.97. The Morgan fingerprint density at radius 3 is 2.68 bits per heavy atom. The second-order valence-electron chi connectivity index (χ2n) is 5.13. The van der Waals surface area contributed by atoms with Crippen molar-refractivity contribution in [2.24, 2.45) is 4.99 Å². The molecule has 0 fully saturated rings. The lowest BCUT2D eigenvalue weighted by molar-refractivity contribution is 0.129. The minimum atomic E-state index is -0.192. The second kappa shape index (κ2) is 12.0. The summed E-state index contributed by atoms with van der Waals surface area (Å²) in [6.45, 7) is 5.32. The minimum absolute atomic E-state index is 0.192. The van der Waals surface area contributed by atoms with Crippen molar-refractivity contribution in [1.29, 1.82) is 0 Å². The lowest BCUT2D eigenvalue weighted by Crippen LogP contribution is -2.39. The average molecular weight is 309 g/mol. The number of ether oxygens (including phenoxy) is 1. The molecule has 0 aliphatic rings. The third kappa shape index (κ3) is 8.62. The molecular formula is C17H28FN3O. The molecule has 1 aromatic carbocycles. The zero-order valence-corrected chi connectivity index (χ0v) is 13.7. The second-order valence-corrected chi connectivity index (χ2v) is 5.13. The van der Waals surface area contributed by atoms with Gasteiger partial charge in [0.05, 0.1) is 0 Å². The molecule has 1 rings (SSSR count). The molecular weight excluding hydrogens is 281 g/mol.